The lowest BCUT2D eigenvalue weighted by atomic mass is 10.2. The first-order valence-corrected chi connectivity index (χ1v) is 4.11. The van der Waals surface area contributed by atoms with Crippen LogP contribution in [0.1, 0.15) is 10.4 Å². The minimum atomic E-state index is -0.419. The summed E-state index contributed by atoms with van der Waals surface area (Å²) in [5, 5.41) is 0. The van der Waals surface area contributed by atoms with E-state index in [0.717, 1.165) is 0 Å². The van der Waals surface area contributed by atoms with E-state index in [-0.39, 0.29) is 11.7 Å². The van der Waals surface area contributed by atoms with E-state index < -0.39 is 5.82 Å². The quantitative estimate of drug-likeness (QED) is 0.719. The predicted octanol–water partition coefficient (Wildman–Crippen LogP) is 1.54. The van der Waals surface area contributed by atoms with Gasteiger partial charge in [-0.1, -0.05) is 0 Å². The molecule has 0 N–H and O–H groups in total. The highest BCUT2D eigenvalue weighted by atomic mass is 19.1. The van der Waals surface area contributed by atoms with Crippen LogP contribution in [0, 0.1) is 5.82 Å². The van der Waals surface area contributed by atoms with Gasteiger partial charge in [-0.3, -0.25) is 4.79 Å². The highest BCUT2D eigenvalue weighted by Gasteiger charge is 2.14. The molecular formula is C10H12FNO2. The summed E-state index contributed by atoms with van der Waals surface area (Å²) >= 11 is 0. The summed E-state index contributed by atoms with van der Waals surface area (Å²) in [6, 6.07) is 3.84. The van der Waals surface area contributed by atoms with E-state index in [2.05, 4.69) is 0 Å². The number of ether oxygens (including phenoxy) is 1. The number of nitrogens with zero attached hydrogens (tertiary/aromatic N) is 1. The van der Waals surface area contributed by atoms with Gasteiger partial charge in [0.05, 0.1) is 12.7 Å². The average molecular weight is 197 g/mol. The van der Waals surface area contributed by atoms with Crippen LogP contribution < -0.4 is 4.74 Å². The molecule has 1 amide bonds. The number of hydrogen-bond donors (Lipinski definition) is 0. The zero-order valence-electron chi connectivity index (χ0n) is 8.37. The van der Waals surface area contributed by atoms with Crippen molar-refractivity contribution >= 4 is 5.91 Å². The van der Waals surface area contributed by atoms with Crippen molar-refractivity contribution in [3.8, 4) is 5.75 Å². The highest BCUT2D eigenvalue weighted by molar-refractivity contribution is 5.96. The summed E-state index contributed by atoms with van der Waals surface area (Å²) in [4.78, 5) is 13.0. The van der Waals surface area contributed by atoms with Gasteiger partial charge in [-0.05, 0) is 12.1 Å². The van der Waals surface area contributed by atoms with Crippen LogP contribution in [0.4, 0.5) is 4.39 Å². The molecular weight excluding hydrogens is 185 g/mol. The van der Waals surface area contributed by atoms with Crippen molar-refractivity contribution in [1.29, 1.82) is 0 Å². The van der Waals surface area contributed by atoms with Crippen molar-refractivity contribution in [2.24, 2.45) is 0 Å². The molecule has 0 unspecified atom stereocenters. The summed E-state index contributed by atoms with van der Waals surface area (Å²) < 4.78 is 17.7. The first-order chi connectivity index (χ1) is 6.56. The number of carbonyl (C=O) groups excluding carboxylic acids is 1. The second-order valence-corrected chi connectivity index (χ2v) is 3.04. The minimum Gasteiger partial charge on any atom is -0.496 e. The van der Waals surface area contributed by atoms with Crippen LogP contribution in [-0.2, 0) is 0 Å². The molecule has 0 spiro atoms. The van der Waals surface area contributed by atoms with Gasteiger partial charge in [-0.2, -0.15) is 0 Å². The first-order valence-electron chi connectivity index (χ1n) is 4.11. The van der Waals surface area contributed by atoms with Gasteiger partial charge in [-0.15, -0.1) is 0 Å². The Morgan fingerprint density at radius 3 is 2.57 bits per heavy atom. The summed E-state index contributed by atoms with van der Waals surface area (Å²) in [5.74, 6) is -0.372. The lowest BCUT2D eigenvalue weighted by molar-refractivity contribution is 0.0824. The zero-order valence-corrected chi connectivity index (χ0v) is 8.37. The van der Waals surface area contributed by atoms with Crippen molar-refractivity contribution in [2.45, 2.75) is 0 Å². The second-order valence-electron chi connectivity index (χ2n) is 3.04. The van der Waals surface area contributed by atoms with Gasteiger partial charge < -0.3 is 9.64 Å². The van der Waals surface area contributed by atoms with Crippen LogP contribution >= 0.6 is 0 Å². The van der Waals surface area contributed by atoms with Gasteiger partial charge in [0.1, 0.15) is 11.6 Å². The van der Waals surface area contributed by atoms with Crippen molar-refractivity contribution in [3.05, 3.63) is 29.6 Å². The fourth-order valence-electron chi connectivity index (χ4n) is 1.08. The standard InChI is InChI=1S/C10H12FNO2/c1-12(2)10(13)8-5-4-7(11)6-9(8)14-3/h4-6H,1-3H3. The van der Waals surface area contributed by atoms with Crippen LogP contribution in [0.15, 0.2) is 18.2 Å². The molecule has 1 aromatic rings. The van der Waals surface area contributed by atoms with Gasteiger partial charge in [0.2, 0.25) is 0 Å². The van der Waals surface area contributed by atoms with Crippen molar-refractivity contribution in [3.63, 3.8) is 0 Å². The van der Waals surface area contributed by atoms with Crippen LogP contribution in [0.25, 0.3) is 0 Å². The number of benzene rings is 1. The molecule has 0 aromatic heterocycles. The van der Waals surface area contributed by atoms with Crippen LogP contribution in [0.2, 0.25) is 0 Å². The molecule has 0 saturated heterocycles. The van der Waals surface area contributed by atoms with E-state index in [9.17, 15) is 9.18 Å². The van der Waals surface area contributed by atoms with E-state index in [1.807, 2.05) is 0 Å². The third-order valence-corrected chi connectivity index (χ3v) is 1.80. The molecule has 0 radical (unpaired) electrons. The number of methoxy groups -OCH3 is 1. The molecule has 0 bridgehead atoms. The van der Waals surface area contributed by atoms with Crippen molar-refractivity contribution < 1.29 is 13.9 Å². The molecule has 0 atom stereocenters. The Bertz CT molecular complexity index is 350. The monoisotopic (exact) mass is 197 g/mol. The Balaban J connectivity index is 3.14. The molecule has 76 valence electrons. The molecule has 0 heterocycles. The second kappa shape index (κ2) is 4.09. The molecule has 14 heavy (non-hydrogen) atoms. The van der Waals surface area contributed by atoms with Gasteiger partial charge in [0, 0.05) is 20.2 Å². The van der Waals surface area contributed by atoms with Gasteiger partial charge >= 0.3 is 0 Å². The van der Waals surface area contributed by atoms with Gasteiger partial charge in [0.15, 0.2) is 0 Å². The lowest BCUT2D eigenvalue weighted by Gasteiger charge is -2.12. The van der Waals surface area contributed by atoms with Gasteiger partial charge in [-0.25, -0.2) is 4.39 Å². The van der Waals surface area contributed by atoms with Crippen LogP contribution in [0.5, 0.6) is 5.75 Å². The maximum Gasteiger partial charge on any atom is 0.257 e. The molecule has 0 aliphatic carbocycles. The summed E-state index contributed by atoms with van der Waals surface area (Å²) in [6.45, 7) is 0. The Hall–Kier alpha value is -1.58. The average Bonchev–Trinajstić information content (AvgIpc) is 2.16. The van der Waals surface area contributed by atoms with E-state index in [1.165, 1.54) is 30.2 Å². The molecule has 1 aromatic carbocycles. The molecule has 3 nitrogen and oxygen atoms in total. The normalized spacial score (nSPS) is 9.71. The first kappa shape index (κ1) is 10.5. The highest BCUT2D eigenvalue weighted by Crippen LogP contribution is 2.20. The smallest absolute Gasteiger partial charge is 0.257 e. The number of rotatable bonds is 2. The molecule has 0 aliphatic heterocycles. The van der Waals surface area contributed by atoms with Crippen LogP contribution in [0.3, 0.4) is 0 Å². The van der Waals surface area contributed by atoms with E-state index in [0.29, 0.717) is 5.56 Å². The SMILES string of the molecule is COc1cc(F)ccc1C(=O)N(C)C. The minimum absolute atomic E-state index is 0.207. The predicted molar refractivity (Wildman–Crippen MR) is 51.0 cm³/mol. The Morgan fingerprint density at radius 1 is 1.43 bits per heavy atom. The van der Waals surface area contributed by atoms with Gasteiger partial charge in [0.25, 0.3) is 5.91 Å². The van der Waals surface area contributed by atoms with Crippen LogP contribution in [-0.4, -0.2) is 32.0 Å². The topological polar surface area (TPSA) is 29.5 Å². The van der Waals surface area contributed by atoms with Crippen molar-refractivity contribution in [2.75, 3.05) is 21.2 Å². The van der Waals surface area contributed by atoms with E-state index in [4.69, 9.17) is 4.74 Å². The summed E-state index contributed by atoms with van der Waals surface area (Å²) in [6.07, 6.45) is 0. The number of hydrogen-bond acceptors (Lipinski definition) is 2. The van der Waals surface area contributed by atoms with Crippen molar-refractivity contribution in [1.82, 2.24) is 4.90 Å². The molecule has 0 aliphatic rings. The summed E-state index contributed by atoms with van der Waals surface area (Å²) in [7, 11) is 4.66. The number of carbonyl (C=O) groups is 1. The zero-order chi connectivity index (χ0) is 10.7. The Morgan fingerprint density at radius 2 is 2.07 bits per heavy atom. The lowest BCUT2D eigenvalue weighted by Crippen LogP contribution is -2.22. The maximum absolute atomic E-state index is 12.8. The fraction of sp³-hybridized carbons (Fsp3) is 0.300. The Kier molecular flexibility index (Phi) is 3.06. The van der Waals surface area contributed by atoms with E-state index >= 15 is 0 Å². The molecule has 0 fully saturated rings. The Labute approximate surface area is 82.1 Å². The third kappa shape index (κ3) is 2.02. The number of amides is 1. The fourth-order valence-corrected chi connectivity index (χ4v) is 1.08. The number of halogens is 1. The molecule has 0 saturated carbocycles. The maximum atomic E-state index is 12.8. The van der Waals surface area contributed by atoms with E-state index in [1.54, 1.807) is 14.1 Å². The molecule has 4 heteroatoms. The molecule has 1 rings (SSSR count). The third-order valence-electron chi connectivity index (χ3n) is 1.80. The largest absolute Gasteiger partial charge is 0.496 e. The summed E-state index contributed by atoms with van der Waals surface area (Å²) in [5.41, 5.74) is 0.360.